The zero-order valence-corrected chi connectivity index (χ0v) is 21.4. The lowest BCUT2D eigenvalue weighted by Gasteiger charge is -2.30. The number of hydrogen-bond donors (Lipinski definition) is 2. The normalized spacial score (nSPS) is 15.5. The maximum absolute atomic E-state index is 13.2. The average Bonchev–Trinajstić information content (AvgIpc) is 3.27. The van der Waals surface area contributed by atoms with Crippen LogP contribution in [-0.4, -0.2) is 42.6 Å². The third-order valence-corrected chi connectivity index (χ3v) is 7.37. The van der Waals surface area contributed by atoms with Crippen molar-refractivity contribution < 1.29 is 23.8 Å². The number of rotatable bonds is 10. The summed E-state index contributed by atoms with van der Waals surface area (Å²) in [5.74, 6) is 1.01. The van der Waals surface area contributed by atoms with Crippen LogP contribution in [0.4, 0.5) is 4.79 Å². The molecule has 0 saturated heterocycles. The van der Waals surface area contributed by atoms with Crippen LogP contribution in [0, 0.1) is 0 Å². The molecule has 0 spiro atoms. The largest absolute Gasteiger partial charge is 0.494 e. The highest BCUT2D eigenvalue weighted by molar-refractivity contribution is 8.01. The summed E-state index contributed by atoms with van der Waals surface area (Å²) in [5.41, 5.74) is 2.35. The highest BCUT2D eigenvalue weighted by Gasteiger charge is 2.35. The molecule has 10 heteroatoms. The molecule has 8 nitrogen and oxygen atoms in total. The average molecular weight is 514 g/mol. The summed E-state index contributed by atoms with van der Waals surface area (Å²) in [6.07, 6.45) is 0. The van der Waals surface area contributed by atoms with Gasteiger partial charge in [0.15, 0.2) is 4.34 Å². The van der Waals surface area contributed by atoms with Gasteiger partial charge in [-0.3, -0.25) is 0 Å². The number of thiazole rings is 1. The number of aromatic nitrogens is 1. The van der Waals surface area contributed by atoms with Crippen molar-refractivity contribution in [3.8, 4) is 11.5 Å². The van der Waals surface area contributed by atoms with Crippen LogP contribution < -0.4 is 20.1 Å². The molecule has 35 heavy (non-hydrogen) atoms. The molecular weight excluding hydrogens is 486 g/mol. The SMILES string of the molecule is CCOC(=O)C1=C(CSc2nc3ccccc3s2)NC(=O)N[C@H]1c1cc(OCC)ccc1OCC. The molecule has 2 amide bonds. The van der Waals surface area contributed by atoms with E-state index in [4.69, 9.17) is 14.2 Å². The molecule has 184 valence electrons. The first-order valence-corrected chi connectivity index (χ1v) is 13.2. The van der Waals surface area contributed by atoms with Gasteiger partial charge in [0.1, 0.15) is 11.5 Å². The Labute approximate surface area is 212 Å². The number of carbonyl (C=O) groups is 2. The summed E-state index contributed by atoms with van der Waals surface area (Å²) >= 11 is 3.03. The predicted molar refractivity (Wildman–Crippen MR) is 137 cm³/mol. The molecule has 0 bridgehead atoms. The van der Waals surface area contributed by atoms with Gasteiger partial charge in [-0.05, 0) is 51.1 Å². The second-order valence-electron chi connectivity index (χ2n) is 7.45. The number of amides is 2. The van der Waals surface area contributed by atoms with Gasteiger partial charge in [0, 0.05) is 17.0 Å². The minimum atomic E-state index is -0.768. The zero-order valence-electron chi connectivity index (χ0n) is 19.8. The summed E-state index contributed by atoms with van der Waals surface area (Å²) in [4.78, 5) is 30.5. The minimum Gasteiger partial charge on any atom is -0.494 e. The van der Waals surface area contributed by atoms with E-state index in [1.54, 1.807) is 36.5 Å². The van der Waals surface area contributed by atoms with Gasteiger partial charge in [-0.1, -0.05) is 23.9 Å². The third-order valence-electron chi connectivity index (χ3n) is 5.17. The quantitative estimate of drug-likeness (QED) is 0.289. The van der Waals surface area contributed by atoms with E-state index in [1.807, 2.05) is 38.1 Å². The number of benzene rings is 2. The molecular formula is C25H27N3O5S2. The van der Waals surface area contributed by atoms with Crippen LogP contribution in [-0.2, 0) is 9.53 Å². The first kappa shape index (κ1) is 24.9. The lowest BCUT2D eigenvalue weighted by molar-refractivity contribution is -0.139. The fourth-order valence-electron chi connectivity index (χ4n) is 3.76. The number of esters is 1. The number of ether oxygens (including phenoxy) is 3. The van der Waals surface area contributed by atoms with Crippen LogP contribution in [0.1, 0.15) is 32.4 Å². The topological polar surface area (TPSA) is 98.8 Å². The number of fused-ring (bicyclic) bond motifs is 1. The summed E-state index contributed by atoms with van der Waals surface area (Å²) in [5, 5.41) is 5.69. The molecule has 1 atom stereocenters. The second kappa shape index (κ2) is 11.5. The molecule has 0 radical (unpaired) electrons. The molecule has 0 aliphatic carbocycles. The second-order valence-corrected chi connectivity index (χ2v) is 9.70. The van der Waals surface area contributed by atoms with Crippen LogP contribution in [0.3, 0.4) is 0 Å². The van der Waals surface area contributed by atoms with Gasteiger partial charge in [-0.15, -0.1) is 11.3 Å². The lowest BCUT2D eigenvalue weighted by Crippen LogP contribution is -2.46. The number of nitrogens with zero attached hydrogens (tertiary/aromatic N) is 1. The number of nitrogens with one attached hydrogen (secondary N) is 2. The Morgan fingerprint density at radius 1 is 1.09 bits per heavy atom. The minimum absolute atomic E-state index is 0.207. The van der Waals surface area contributed by atoms with E-state index >= 15 is 0 Å². The Balaban J connectivity index is 1.74. The van der Waals surface area contributed by atoms with Crippen LogP contribution in [0.15, 0.2) is 58.1 Å². The zero-order chi connectivity index (χ0) is 24.8. The van der Waals surface area contributed by atoms with Gasteiger partial charge in [0.05, 0.1) is 41.7 Å². The number of carbonyl (C=O) groups excluding carboxylic acids is 2. The van der Waals surface area contributed by atoms with Crippen LogP contribution >= 0.6 is 23.1 Å². The molecule has 4 rings (SSSR count). The van der Waals surface area contributed by atoms with E-state index in [-0.39, 0.29) is 6.61 Å². The maximum atomic E-state index is 13.2. The summed E-state index contributed by atoms with van der Waals surface area (Å²) in [7, 11) is 0. The molecule has 3 aromatic rings. The van der Waals surface area contributed by atoms with Gasteiger partial charge in [0.2, 0.25) is 0 Å². The Bertz CT molecular complexity index is 1220. The first-order chi connectivity index (χ1) is 17.0. The van der Waals surface area contributed by atoms with E-state index in [9.17, 15) is 9.59 Å². The summed E-state index contributed by atoms with van der Waals surface area (Å²) < 4.78 is 18.8. The number of hydrogen-bond acceptors (Lipinski definition) is 8. The maximum Gasteiger partial charge on any atom is 0.338 e. The van der Waals surface area contributed by atoms with Crippen molar-refractivity contribution in [1.29, 1.82) is 0 Å². The highest BCUT2D eigenvalue weighted by atomic mass is 32.2. The smallest absolute Gasteiger partial charge is 0.338 e. The van der Waals surface area contributed by atoms with Crippen LogP contribution in [0.25, 0.3) is 10.2 Å². The fourth-order valence-corrected chi connectivity index (χ4v) is 5.79. The number of urea groups is 1. The van der Waals surface area contributed by atoms with Crippen molar-refractivity contribution >= 4 is 45.3 Å². The molecule has 0 saturated carbocycles. The molecule has 2 N–H and O–H groups in total. The van der Waals surface area contributed by atoms with Gasteiger partial charge in [-0.2, -0.15) is 0 Å². The van der Waals surface area contributed by atoms with Gasteiger partial charge >= 0.3 is 12.0 Å². The Hall–Kier alpha value is -3.24. The Morgan fingerprint density at radius 3 is 2.63 bits per heavy atom. The number of para-hydroxylation sites is 1. The van der Waals surface area contributed by atoms with Gasteiger partial charge in [-0.25, -0.2) is 14.6 Å². The fraction of sp³-hybridized carbons (Fsp3) is 0.320. The van der Waals surface area contributed by atoms with Crippen molar-refractivity contribution in [2.24, 2.45) is 0 Å². The van der Waals surface area contributed by atoms with Crippen molar-refractivity contribution in [3.05, 3.63) is 59.3 Å². The predicted octanol–water partition coefficient (Wildman–Crippen LogP) is 5.06. The van der Waals surface area contributed by atoms with E-state index in [0.29, 0.717) is 47.3 Å². The molecule has 1 aliphatic heterocycles. The van der Waals surface area contributed by atoms with E-state index in [0.717, 1.165) is 14.6 Å². The van der Waals surface area contributed by atoms with Gasteiger partial charge in [0.25, 0.3) is 0 Å². The highest BCUT2D eigenvalue weighted by Crippen LogP contribution is 2.38. The Kier molecular flexibility index (Phi) is 8.14. The number of thioether (sulfide) groups is 1. The van der Waals surface area contributed by atoms with E-state index < -0.39 is 18.0 Å². The molecule has 1 aliphatic rings. The van der Waals surface area contributed by atoms with Crippen molar-refractivity contribution in [2.75, 3.05) is 25.6 Å². The Morgan fingerprint density at radius 2 is 1.89 bits per heavy atom. The summed E-state index contributed by atoms with van der Waals surface area (Å²) in [6.45, 7) is 6.64. The van der Waals surface area contributed by atoms with Gasteiger partial charge < -0.3 is 24.8 Å². The van der Waals surface area contributed by atoms with Crippen molar-refractivity contribution in [1.82, 2.24) is 15.6 Å². The molecule has 0 fully saturated rings. The van der Waals surface area contributed by atoms with E-state index in [2.05, 4.69) is 15.6 Å². The molecule has 0 unspecified atom stereocenters. The monoisotopic (exact) mass is 513 g/mol. The third kappa shape index (κ3) is 5.71. The standard InChI is InChI=1S/C25H27N3O5S2/c1-4-31-15-11-12-19(32-5-2)16(13-15)22-21(23(29)33-6-3)18(26-24(30)28-22)14-34-25-27-17-9-7-8-10-20(17)35-25/h7-13,22H,4-6,14H2,1-3H3,(H2,26,28,30)/t22-/m0/s1. The summed E-state index contributed by atoms with van der Waals surface area (Å²) in [6, 6.07) is 12.1. The first-order valence-electron chi connectivity index (χ1n) is 11.4. The molecule has 2 aromatic carbocycles. The van der Waals surface area contributed by atoms with Crippen molar-refractivity contribution in [3.63, 3.8) is 0 Å². The lowest BCUT2D eigenvalue weighted by atomic mass is 9.94. The van der Waals surface area contributed by atoms with Crippen LogP contribution in [0.2, 0.25) is 0 Å². The molecule has 2 heterocycles. The van der Waals surface area contributed by atoms with Crippen molar-refractivity contribution in [2.45, 2.75) is 31.2 Å². The van der Waals surface area contributed by atoms with Crippen LogP contribution in [0.5, 0.6) is 11.5 Å². The molecule has 1 aromatic heterocycles. The van der Waals surface area contributed by atoms with E-state index in [1.165, 1.54) is 11.8 Å².